The van der Waals surface area contributed by atoms with Crippen LogP contribution < -0.4 is 5.32 Å². The van der Waals surface area contributed by atoms with Crippen LogP contribution >= 0.6 is 0 Å². The van der Waals surface area contributed by atoms with Crippen LogP contribution in [-0.2, 0) is 23.2 Å². The molecule has 0 radical (unpaired) electrons. The highest BCUT2D eigenvalue weighted by atomic mass is 16.4. The second-order valence-corrected chi connectivity index (χ2v) is 5.59. The fraction of sp³-hybridized carbons (Fsp3) is 0.353. The molecule has 0 aliphatic heterocycles. The molecule has 0 bridgehead atoms. The number of aromatic nitrogens is 2. The Morgan fingerprint density at radius 1 is 1.26 bits per heavy atom. The van der Waals surface area contributed by atoms with Crippen LogP contribution in [0.3, 0.4) is 0 Å². The van der Waals surface area contributed by atoms with E-state index in [4.69, 9.17) is 5.11 Å². The largest absolute Gasteiger partial charge is 0.481 e. The summed E-state index contributed by atoms with van der Waals surface area (Å²) >= 11 is 0. The average Bonchev–Trinajstić information content (AvgIpc) is 2.83. The maximum atomic E-state index is 12.2. The Labute approximate surface area is 135 Å². The van der Waals surface area contributed by atoms with Crippen molar-refractivity contribution in [2.45, 2.75) is 32.2 Å². The lowest BCUT2D eigenvalue weighted by Gasteiger charge is -2.15. The molecule has 0 spiro atoms. The highest BCUT2D eigenvalue weighted by Crippen LogP contribution is 2.23. The van der Waals surface area contributed by atoms with Gasteiger partial charge in [-0.25, -0.2) is 0 Å². The summed E-state index contributed by atoms with van der Waals surface area (Å²) in [4.78, 5) is 23.2. The number of rotatable bonds is 7. The highest BCUT2D eigenvalue weighted by Gasteiger charge is 2.19. The second-order valence-electron chi connectivity index (χ2n) is 5.59. The molecule has 0 aliphatic rings. The molecule has 0 fully saturated rings. The van der Waals surface area contributed by atoms with E-state index in [9.17, 15) is 9.59 Å². The zero-order chi connectivity index (χ0) is 16.8. The predicted molar refractivity (Wildman–Crippen MR) is 85.8 cm³/mol. The normalized spacial score (nSPS) is 11.9. The van der Waals surface area contributed by atoms with Gasteiger partial charge in [-0.1, -0.05) is 30.3 Å². The fourth-order valence-electron chi connectivity index (χ4n) is 2.56. The SMILES string of the molecule is Cc1cc(CNC(=O)C[C@@H](CC(=O)O)c2ccccc2)n(C)n1. The lowest BCUT2D eigenvalue weighted by atomic mass is 9.92. The number of carboxylic acids is 1. The molecule has 1 amide bonds. The van der Waals surface area contributed by atoms with Gasteiger partial charge in [-0.05, 0) is 18.6 Å². The van der Waals surface area contributed by atoms with E-state index in [0.717, 1.165) is 17.0 Å². The number of aliphatic carboxylic acids is 1. The minimum atomic E-state index is -0.908. The Bertz CT molecular complexity index is 680. The molecule has 1 heterocycles. The monoisotopic (exact) mass is 315 g/mol. The maximum absolute atomic E-state index is 12.2. The molecule has 0 unspecified atom stereocenters. The Morgan fingerprint density at radius 2 is 1.96 bits per heavy atom. The minimum Gasteiger partial charge on any atom is -0.481 e. The summed E-state index contributed by atoms with van der Waals surface area (Å²) in [6, 6.07) is 11.2. The molecule has 1 aromatic heterocycles. The van der Waals surface area contributed by atoms with Crippen molar-refractivity contribution in [1.82, 2.24) is 15.1 Å². The number of carboxylic acid groups (broad SMARTS) is 1. The summed E-state index contributed by atoms with van der Waals surface area (Å²) < 4.78 is 1.72. The lowest BCUT2D eigenvalue weighted by Crippen LogP contribution is -2.26. The summed E-state index contributed by atoms with van der Waals surface area (Å²) in [6.45, 7) is 2.27. The first kappa shape index (κ1) is 16.7. The maximum Gasteiger partial charge on any atom is 0.303 e. The van der Waals surface area contributed by atoms with Gasteiger partial charge >= 0.3 is 5.97 Å². The van der Waals surface area contributed by atoms with Gasteiger partial charge in [0, 0.05) is 19.4 Å². The molecule has 2 aromatic rings. The summed E-state index contributed by atoms with van der Waals surface area (Å²) in [5.74, 6) is -1.41. The Hall–Kier alpha value is -2.63. The second kappa shape index (κ2) is 7.58. The van der Waals surface area contributed by atoms with Gasteiger partial charge in [0.15, 0.2) is 0 Å². The smallest absolute Gasteiger partial charge is 0.303 e. The number of benzene rings is 1. The molecule has 2 N–H and O–H groups in total. The topological polar surface area (TPSA) is 84.2 Å². The number of aryl methyl sites for hydroxylation is 2. The number of nitrogens with zero attached hydrogens (tertiary/aromatic N) is 2. The summed E-state index contributed by atoms with van der Waals surface area (Å²) in [7, 11) is 1.83. The zero-order valence-electron chi connectivity index (χ0n) is 13.3. The third-order valence-electron chi connectivity index (χ3n) is 3.69. The van der Waals surface area contributed by atoms with Crippen molar-refractivity contribution >= 4 is 11.9 Å². The van der Waals surface area contributed by atoms with Gasteiger partial charge in [0.1, 0.15) is 0 Å². The zero-order valence-corrected chi connectivity index (χ0v) is 13.3. The number of carbonyl (C=O) groups is 2. The fourth-order valence-corrected chi connectivity index (χ4v) is 2.56. The molecule has 23 heavy (non-hydrogen) atoms. The van der Waals surface area contributed by atoms with E-state index in [-0.39, 0.29) is 24.7 Å². The summed E-state index contributed by atoms with van der Waals surface area (Å²) in [6.07, 6.45) is 0.0788. The van der Waals surface area contributed by atoms with E-state index >= 15 is 0 Å². The van der Waals surface area contributed by atoms with E-state index in [0.29, 0.717) is 6.54 Å². The molecule has 122 valence electrons. The van der Waals surface area contributed by atoms with Crippen LogP contribution in [0.1, 0.15) is 35.7 Å². The molecule has 0 saturated heterocycles. The third-order valence-corrected chi connectivity index (χ3v) is 3.69. The van der Waals surface area contributed by atoms with Gasteiger partial charge in [-0.15, -0.1) is 0 Å². The highest BCUT2D eigenvalue weighted by molar-refractivity contribution is 5.78. The van der Waals surface area contributed by atoms with Gasteiger partial charge in [0.25, 0.3) is 0 Å². The number of hydrogen-bond donors (Lipinski definition) is 2. The molecule has 0 saturated carbocycles. The van der Waals surface area contributed by atoms with Gasteiger partial charge < -0.3 is 10.4 Å². The number of amides is 1. The number of carbonyl (C=O) groups excluding carboxylic acids is 1. The molecule has 1 aromatic carbocycles. The molecule has 6 nitrogen and oxygen atoms in total. The van der Waals surface area contributed by atoms with E-state index < -0.39 is 5.97 Å². The van der Waals surface area contributed by atoms with Crippen LogP contribution in [0.4, 0.5) is 0 Å². The van der Waals surface area contributed by atoms with Crippen LogP contribution in [0, 0.1) is 6.92 Å². The van der Waals surface area contributed by atoms with Gasteiger partial charge in [-0.3, -0.25) is 14.3 Å². The molecule has 6 heteroatoms. The van der Waals surface area contributed by atoms with Crippen LogP contribution in [0.15, 0.2) is 36.4 Å². The van der Waals surface area contributed by atoms with E-state index in [1.165, 1.54) is 0 Å². The Kier molecular flexibility index (Phi) is 5.51. The van der Waals surface area contributed by atoms with E-state index in [2.05, 4.69) is 10.4 Å². The minimum absolute atomic E-state index is 0.0672. The Morgan fingerprint density at radius 3 is 2.52 bits per heavy atom. The quantitative estimate of drug-likeness (QED) is 0.818. The third kappa shape index (κ3) is 4.95. The number of nitrogens with one attached hydrogen (secondary N) is 1. The molecule has 1 atom stereocenters. The van der Waals surface area contributed by atoms with E-state index in [1.54, 1.807) is 4.68 Å². The Balaban J connectivity index is 1.97. The first-order valence-corrected chi connectivity index (χ1v) is 7.48. The van der Waals surface area contributed by atoms with Crippen LogP contribution in [0.5, 0.6) is 0 Å². The molecular weight excluding hydrogens is 294 g/mol. The molecule has 0 aliphatic carbocycles. The predicted octanol–water partition coefficient (Wildman–Crippen LogP) is 1.99. The van der Waals surface area contributed by atoms with Crippen LogP contribution in [0.25, 0.3) is 0 Å². The van der Waals surface area contributed by atoms with Crippen molar-refractivity contribution in [3.05, 3.63) is 53.3 Å². The standard InChI is InChI=1S/C17H21N3O3/c1-12-8-15(20(2)19-12)11-18-16(21)9-14(10-17(22)23)13-6-4-3-5-7-13/h3-8,14H,9-11H2,1-2H3,(H,18,21)(H,22,23)/t14-/m0/s1. The van der Waals surface area contributed by atoms with Crippen molar-refractivity contribution < 1.29 is 14.7 Å². The van der Waals surface area contributed by atoms with Crippen LogP contribution in [0.2, 0.25) is 0 Å². The molecule has 2 rings (SSSR count). The van der Waals surface area contributed by atoms with Crippen LogP contribution in [-0.4, -0.2) is 26.8 Å². The van der Waals surface area contributed by atoms with Crippen molar-refractivity contribution in [3.8, 4) is 0 Å². The van der Waals surface area contributed by atoms with Crippen molar-refractivity contribution in [2.75, 3.05) is 0 Å². The lowest BCUT2D eigenvalue weighted by molar-refractivity contribution is -0.137. The van der Waals surface area contributed by atoms with Gasteiger partial charge in [0.05, 0.1) is 24.4 Å². The first-order chi connectivity index (χ1) is 11.0. The summed E-state index contributed by atoms with van der Waals surface area (Å²) in [5, 5.41) is 16.1. The summed E-state index contributed by atoms with van der Waals surface area (Å²) in [5.41, 5.74) is 2.66. The number of hydrogen-bond acceptors (Lipinski definition) is 3. The van der Waals surface area contributed by atoms with E-state index in [1.807, 2.05) is 50.4 Å². The van der Waals surface area contributed by atoms with Crippen molar-refractivity contribution in [2.24, 2.45) is 7.05 Å². The van der Waals surface area contributed by atoms with Crippen molar-refractivity contribution in [1.29, 1.82) is 0 Å². The molecular formula is C17H21N3O3. The average molecular weight is 315 g/mol. The first-order valence-electron chi connectivity index (χ1n) is 7.48. The van der Waals surface area contributed by atoms with Gasteiger partial charge in [0.2, 0.25) is 5.91 Å². The van der Waals surface area contributed by atoms with Gasteiger partial charge in [-0.2, -0.15) is 5.10 Å². The van der Waals surface area contributed by atoms with Crippen molar-refractivity contribution in [3.63, 3.8) is 0 Å².